The lowest BCUT2D eigenvalue weighted by Gasteiger charge is -2.27. The topological polar surface area (TPSA) is 79.2 Å². The van der Waals surface area contributed by atoms with Crippen molar-refractivity contribution in [1.29, 1.82) is 0 Å². The van der Waals surface area contributed by atoms with Crippen LogP contribution >= 0.6 is 0 Å². The van der Waals surface area contributed by atoms with E-state index in [0.29, 0.717) is 11.8 Å². The minimum atomic E-state index is -0.174. The summed E-state index contributed by atoms with van der Waals surface area (Å²) >= 11 is 0. The molecule has 118 valence electrons. The van der Waals surface area contributed by atoms with Gasteiger partial charge in [-0.25, -0.2) is 4.79 Å². The lowest BCUT2D eigenvalue weighted by Crippen LogP contribution is -2.40. The zero-order valence-electron chi connectivity index (χ0n) is 12.9. The van der Waals surface area contributed by atoms with Gasteiger partial charge in [-0.1, -0.05) is 13.8 Å². The van der Waals surface area contributed by atoms with Crippen LogP contribution in [-0.4, -0.2) is 33.6 Å². The average molecular weight is 294 g/mol. The number of nitrogens with zero attached hydrogens (tertiary/aromatic N) is 2. The van der Waals surface area contributed by atoms with Crippen molar-refractivity contribution in [3.63, 3.8) is 0 Å². The molecule has 21 heavy (non-hydrogen) atoms. The molecule has 0 atom stereocenters. The maximum atomic E-state index is 12.0. The highest BCUT2D eigenvalue weighted by Gasteiger charge is 2.21. The summed E-state index contributed by atoms with van der Waals surface area (Å²) < 4.78 is 1.84. The fraction of sp³-hybridized carbons (Fsp3) is 0.733. The Morgan fingerprint density at radius 3 is 2.76 bits per heavy atom. The van der Waals surface area contributed by atoms with Gasteiger partial charge in [-0.15, -0.1) is 0 Å². The van der Waals surface area contributed by atoms with Crippen LogP contribution in [0.3, 0.4) is 0 Å². The first-order valence-corrected chi connectivity index (χ1v) is 7.77. The smallest absolute Gasteiger partial charge is 0.319 e. The van der Waals surface area contributed by atoms with Gasteiger partial charge >= 0.3 is 6.03 Å². The lowest BCUT2D eigenvalue weighted by molar-refractivity contribution is 0.176. The summed E-state index contributed by atoms with van der Waals surface area (Å²) in [4.78, 5) is 12.0. The van der Waals surface area contributed by atoms with Crippen LogP contribution in [0.15, 0.2) is 12.4 Å². The number of carbonyl (C=O) groups is 1. The molecule has 1 heterocycles. The summed E-state index contributed by atoms with van der Waals surface area (Å²) in [5, 5.41) is 19.2. The largest absolute Gasteiger partial charge is 0.396 e. The SMILES string of the molecule is CC(C)Cn1cc(NC(=O)NC2CCC(CO)CC2)cn1. The third-order valence-electron chi connectivity index (χ3n) is 3.88. The molecule has 1 aliphatic rings. The van der Waals surface area contributed by atoms with Gasteiger partial charge in [-0.2, -0.15) is 5.10 Å². The van der Waals surface area contributed by atoms with Gasteiger partial charge < -0.3 is 15.7 Å². The Bertz CT molecular complexity index is 450. The molecule has 6 nitrogen and oxygen atoms in total. The molecule has 1 aromatic heterocycles. The summed E-state index contributed by atoms with van der Waals surface area (Å²) in [7, 11) is 0. The monoisotopic (exact) mass is 294 g/mol. The van der Waals surface area contributed by atoms with Crippen molar-refractivity contribution in [2.75, 3.05) is 11.9 Å². The van der Waals surface area contributed by atoms with E-state index in [-0.39, 0.29) is 18.7 Å². The van der Waals surface area contributed by atoms with Gasteiger partial charge in [-0.3, -0.25) is 4.68 Å². The zero-order chi connectivity index (χ0) is 15.2. The highest BCUT2D eigenvalue weighted by Crippen LogP contribution is 2.23. The number of aliphatic hydroxyl groups excluding tert-OH is 1. The molecule has 1 aromatic rings. The van der Waals surface area contributed by atoms with Gasteiger partial charge in [0.15, 0.2) is 0 Å². The predicted octanol–water partition coefficient (Wildman–Crippen LogP) is 2.21. The molecular formula is C15H26N4O2. The molecule has 6 heteroatoms. The molecule has 0 radical (unpaired) electrons. The van der Waals surface area contributed by atoms with Crippen molar-refractivity contribution in [3.8, 4) is 0 Å². The van der Waals surface area contributed by atoms with Crippen LogP contribution in [0.25, 0.3) is 0 Å². The number of rotatable bonds is 5. The van der Waals surface area contributed by atoms with Crippen molar-refractivity contribution < 1.29 is 9.90 Å². The highest BCUT2D eigenvalue weighted by molar-refractivity contribution is 5.89. The van der Waals surface area contributed by atoms with Crippen molar-refractivity contribution >= 4 is 11.7 Å². The summed E-state index contributed by atoms with van der Waals surface area (Å²) in [5.41, 5.74) is 0.720. The minimum Gasteiger partial charge on any atom is -0.396 e. The molecule has 1 aliphatic carbocycles. The molecule has 0 unspecified atom stereocenters. The van der Waals surface area contributed by atoms with Crippen molar-refractivity contribution in [1.82, 2.24) is 15.1 Å². The number of hydrogen-bond donors (Lipinski definition) is 3. The van der Waals surface area contributed by atoms with E-state index in [1.165, 1.54) is 0 Å². The minimum absolute atomic E-state index is 0.174. The second kappa shape index (κ2) is 7.45. The molecule has 2 rings (SSSR count). The van der Waals surface area contributed by atoms with Gasteiger partial charge in [0, 0.05) is 25.4 Å². The Labute approximate surface area is 125 Å². The van der Waals surface area contributed by atoms with Crippen molar-refractivity contribution in [2.24, 2.45) is 11.8 Å². The van der Waals surface area contributed by atoms with E-state index in [1.54, 1.807) is 6.20 Å². The van der Waals surface area contributed by atoms with Crippen LogP contribution in [0.4, 0.5) is 10.5 Å². The number of carbonyl (C=O) groups excluding carboxylic acids is 1. The second-order valence-corrected chi connectivity index (χ2v) is 6.34. The van der Waals surface area contributed by atoms with Crippen molar-refractivity contribution in [2.45, 2.75) is 52.1 Å². The summed E-state index contributed by atoms with van der Waals surface area (Å²) in [6.45, 7) is 5.36. The van der Waals surface area contributed by atoms with Gasteiger partial charge in [0.1, 0.15) is 0 Å². The maximum Gasteiger partial charge on any atom is 0.319 e. The third-order valence-corrected chi connectivity index (χ3v) is 3.88. The summed E-state index contributed by atoms with van der Waals surface area (Å²) in [5.74, 6) is 0.925. The predicted molar refractivity (Wildman–Crippen MR) is 82.1 cm³/mol. The van der Waals surface area contributed by atoms with E-state index in [0.717, 1.165) is 37.9 Å². The van der Waals surface area contributed by atoms with E-state index in [4.69, 9.17) is 5.11 Å². The van der Waals surface area contributed by atoms with Crippen LogP contribution < -0.4 is 10.6 Å². The Balaban J connectivity index is 1.75. The van der Waals surface area contributed by atoms with Crippen LogP contribution in [-0.2, 0) is 6.54 Å². The van der Waals surface area contributed by atoms with Crippen LogP contribution in [0.5, 0.6) is 0 Å². The Kier molecular flexibility index (Phi) is 5.61. The molecule has 0 spiro atoms. The fourth-order valence-corrected chi connectivity index (χ4v) is 2.74. The molecule has 3 N–H and O–H groups in total. The van der Waals surface area contributed by atoms with E-state index < -0.39 is 0 Å². The molecule has 1 fully saturated rings. The van der Waals surface area contributed by atoms with Crippen LogP contribution in [0.1, 0.15) is 39.5 Å². The zero-order valence-corrected chi connectivity index (χ0v) is 12.9. The Morgan fingerprint density at radius 2 is 2.14 bits per heavy atom. The van der Waals surface area contributed by atoms with E-state index in [9.17, 15) is 4.79 Å². The number of aliphatic hydroxyl groups is 1. The molecule has 0 bridgehead atoms. The Hall–Kier alpha value is -1.56. The standard InChI is InChI=1S/C15H26N4O2/c1-11(2)8-19-9-14(7-16-19)18-15(21)17-13-5-3-12(10-20)4-6-13/h7,9,11-13,20H,3-6,8,10H2,1-2H3,(H2,17,18,21). The molecule has 0 saturated heterocycles. The number of anilines is 1. The normalized spacial score (nSPS) is 22.3. The number of nitrogens with one attached hydrogen (secondary N) is 2. The van der Waals surface area contributed by atoms with Gasteiger partial charge in [0.05, 0.1) is 11.9 Å². The molecule has 0 aromatic carbocycles. The first-order chi connectivity index (χ1) is 10.1. The summed E-state index contributed by atoms with van der Waals surface area (Å²) in [6, 6.07) is 0.0325. The Morgan fingerprint density at radius 1 is 1.43 bits per heavy atom. The summed E-state index contributed by atoms with van der Waals surface area (Å²) in [6.07, 6.45) is 7.35. The quantitative estimate of drug-likeness (QED) is 0.779. The van der Waals surface area contributed by atoms with Crippen LogP contribution in [0.2, 0.25) is 0 Å². The van der Waals surface area contributed by atoms with Gasteiger partial charge in [0.2, 0.25) is 0 Å². The number of urea groups is 1. The average Bonchev–Trinajstić information content (AvgIpc) is 2.85. The highest BCUT2D eigenvalue weighted by atomic mass is 16.3. The molecular weight excluding hydrogens is 268 g/mol. The molecule has 1 saturated carbocycles. The molecule has 2 amide bonds. The van der Waals surface area contributed by atoms with Gasteiger partial charge in [-0.05, 0) is 37.5 Å². The van der Waals surface area contributed by atoms with Crippen molar-refractivity contribution in [3.05, 3.63) is 12.4 Å². The first-order valence-electron chi connectivity index (χ1n) is 7.77. The number of aromatic nitrogens is 2. The lowest BCUT2D eigenvalue weighted by atomic mass is 9.87. The first kappa shape index (κ1) is 15.8. The fourth-order valence-electron chi connectivity index (χ4n) is 2.74. The van der Waals surface area contributed by atoms with E-state index in [2.05, 4.69) is 29.6 Å². The third kappa shape index (κ3) is 5.04. The van der Waals surface area contributed by atoms with E-state index in [1.807, 2.05) is 10.9 Å². The molecule has 0 aliphatic heterocycles. The van der Waals surface area contributed by atoms with Crippen LogP contribution in [0, 0.1) is 11.8 Å². The van der Waals surface area contributed by atoms with E-state index >= 15 is 0 Å². The second-order valence-electron chi connectivity index (χ2n) is 6.34. The maximum absolute atomic E-state index is 12.0. The number of hydrogen-bond acceptors (Lipinski definition) is 3. The van der Waals surface area contributed by atoms with Gasteiger partial charge in [0.25, 0.3) is 0 Å². The number of amides is 2.